The monoisotopic (exact) mass is 275 g/mol. The van der Waals surface area contributed by atoms with Gasteiger partial charge in [0, 0.05) is 0 Å². The topological polar surface area (TPSA) is 23.8 Å². The van der Waals surface area contributed by atoms with E-state index >= 15 is 0 Å². The van der Waals surface area contributed by atoms with Crippen molar-refractivity contribution in [1.29, 1.82) is 5.26 Å². The predicted octanol–water partition coefficient (Wildman–Crippen LogP) is 4.65. The lowest BCUT2D eigenvalue weighted by Gasteiger charge is -2.15. The summed E-state index contributed by atoms with van der Waals surface area (Å²) in [4.78, 5) is 0. The van der Waals surface area contributed by atoms with E-state index in [4.69, 9.17) is 5.26 Å². The van der Waals surface area contributed by atoms with Gasteiger partial charge >= 0.3 is 6.18 Å². The summed E-state index contributed by atoms with van der Waals surface area (Å²) in [7, 11) is 0. The molecule has 2 rings (SSSR count). The van der Waals surface area contributed by atoms with Gasteiger partial charge in [-0.1, -0.05) is 30.4 Å². The van der Waals surface area contributed by atoms with Crippen molar-refractivity contribution in [2.75, 3.05) is 0 Å². The highest BCUT2D eigenvalue weighted by Crippen LogP contribution is 2.35. The first-order chi connectivity index (χ1) is 9.43. The molecule has 1 aromatic rings. The SMILES string of the molecule is C\C1=C/C=C\C=C\Cc2cc(C#N)c(C(F)(F)F)cc21. The lowest BCUT2D eigenvalue weighted by atomic mass is 9.92. The molecule has 0 aliphatic heterocycles. The van der Waals surface area contributed by atoms with Crippen LogP contribution in [0.3, 0.4) is 0 Å². The van der Waals surface area contributed by atoms with Crippen molar-refractivity contribution in [1.82, 2.24) is 0 Å². The van der Waals surface area contributed by atoms with Gasteiger partial charge in [0.1, 0.15) is 0 Å². The van der Waals surface area contributed by atoms with Crippen LogP contribution < -0.4 is 0 Å². The van der Waals surface area contributed by atoms with Crippen LogP contribution in [0.5, 0.6) is 0 Å². The van der Waals surface area contributed by atoms with Gasteiger partial charge in [0.05, 0.1) is 17.2 Å². The fraction of sp³-hybridized carbons (Fsp3) is 0.188. The van der Waals surface area contributed by atoms with Crippen molar-refractivity contribution in [3.05, 3.63) is 64.8 Å². The van der Waals surface area contributed by atoms with Gasteiger partial charge in [0.2, 0.25) is 0 Å². The highest BCUT2D eigenvalue weighted by molar-refractivity contribution is 5.70. The number of hydrogen-bond donors (Lipinski definition) is 0. The first kappa shape index (κ1) is 14.1. The number of alkyl halides is 3. The molecule has 0 radical (unpaired) electrons. The molecule has 1 aliphatic rings. The van der Waals surface area contributed by atoms with E-state index in [1.54, 1.807) is 25.1 Å². The normalized spacial score (nSPS) is 20.4. The molecular weight excluding hydrogens is 263 g/mol. The Morgan fingerprint density at radius 3 is 2.55 bits per heavy atom. The second-order valence-corrected chi connectivity index (χ2v) is 4.53. The molecule has 0 bridgehead atoms. The smallest absolute Gasteiger partial charge is 0.192 e. The van der Waals surface area contributed by atoms with Gasteiger partial charge in [-0.2, -0.15) is 18.4 Å². The molecule has 20 heavy (non-hydrogen) atoms. The summed E-state index contributed by atoms with van der Waals surface area (Å²) >= 11 is 0. The maximum absolute atomic E-state index is 13.0. The van der Waals surface area contributed by atoms with E-state index in [1.165, 1.54) is 6.07 Å². The Morgan fingerprint density at radius 1 is 1.15 bits per heavy atom. The number of halogens is 3. The third kappa shape index (κ3) is 2.83. The number of rotatable bonds is 0. The van der Waals surface area contributed by atoms with Crippen LogP contribution in [0, 0.1) is 11.3 Å². The van der Waals surface area contributed by atoms with Crippen LogP contribution in [0.4, 0.5) is 13.2 Å². The van der Waals surface area contributed by atoms with Crippen LogP contribution in [0.1, 0.15) is 29.2 Å². The summed E-state index contributed by atoms with van der Waals surface area (Å²) in [6.07, 6.45) is 5.04. The van der Waals surface area contributed by atoms with Crippen molar-refractivity contribution < 1.29 is 13.2 Å². The summed E-state index contributed by atoms with van der Waals surface area (Å²) in [5.41, 5.74) is 0.800. The number of nitriles is 1. The van der Waals surface area contributed by atoms with E-state index in [-0.39, 0.29) is 5.56 Å². The van der Waals surface area contributed by atoms with Crippen LogP contribution in [0.2, 0.25) is 0 Å². The molecule has 1 nitrogen and oxygen atoms in total. The highest BCUT2D eigenvalue weighted by Gasteiger charge is 2.34. The number of benzene rings is 1. The van der Waals surface area contributed by atoms with Gasteiger partial charge in [-0.25, -0.2) is 0 Å². The van der Waals surface area contributed by atoms with Gasteiger partial charge < -0.3 is 0 Å². The summed E-state index contributed by atoms with van der Waals surface area (Å²) in [6, 6.07) is 4.05. The zero-order valence-electron chi connectivity index (χ0n) is 10.8. The molecule has 0 saturated carbocycles. The Kier molecular flexibility index (Phi) is 3.80. The second-order valence-electron chi connectivity index (χ2n) is 4.53. The lowest BCUT2D eigenvalue weighted by molar-refractivity contribution is -0.137. The zero-order chi connectivity index (χ0) is 14.8. The summed E-state index contributed by atoms with van der Waals surface area (Å²) in [5.74, 6) is 0. The van der Waals surface area contributed by atoms with E-state index in [1.807, 2.05) is 18.2 Å². The van der Waals surface area contributed by atoms with Crippen molar-refractivity contribution in [3.8, 4) is 6.07 Å². The van der Waals surface area contributed by atoms with Gasteiger partial charge in [0.25, 0.3) is 0 Å². The molecule has 0 aromatic heterocycles. The third-order valence-electron chi connectivity index (χ3n) is 3.14. The molecule has 0 atom stereocenters. The molecule has 0 N–H and O–H groups in total. The summed E-state index contributed by atoms with van der Waals surface area (Å²) in [5, 5.41) is 8.94. The molecular formula is C16H12F3N. The van der Waals surface area contributed by atoms with Gasteiger partial charge in [-0.05, 0) is 42.2 Å². The lowest BCUT2D eigenvalue weighted by Crippen LogP contribution is -2.10. The predicted molar refractivity (Wildman–Crippen MR) is 71.8 cm³/mol. The summed E-state index contributed by atoms with van der Waals surface area (Å²) in [6.45, 7) is 1.76. The molecule has 0 amide bonds. The third-order valence-corrected chi connectivity index (χ3v) is 3.14. The Labute approximate surface area is 115 Å². The van der Waals surface area contributed by atoms with Gasteiger partial charge in [0.15, 0.2) is 0 Å². The number of allylic oxidation sites excluding steroid dienone is 6. The first-order valence-electron chi connectivity index (χ1n) is 6.08. The second kappa shape index (κ2) is 5.38. The minimum Gasteiger partial charge on any atom is -0.192 e. The minimum absolute atomic E-state index is 0.329. The van der Waals surface area contributed by atoms with Crippen LogP contribution in [0.25, 0.3) is 5.57 Å². The number of hydrogen-bond acceptors (Lipinski definition) is 1. The molecule has 0 saturated heterocycles. The maximum Gasteiger partial charge on any atom is 0.417 e. The molecule has 102 valence electrons. The molecule has 0 fully saturated rings. The molecule has 1 aliphatic carbocycles. The fourth-order valence-electron chi connectivity index (χ4n) is 2.13. The maximum atomic E-state index is 13.0. The molecule has 0 unspecified atom stereocenters. The van der Waals surface area contributed by atoms with Crippen molar-refractivity contribution >= 4 is 5.57 Å². The quantitative estimate of drug-likeness (QED) is 0.676. The van der Waals surface area contributed by atoms with Gasteiger partial charge in [-0.15, -0.1) is 0 Å². The van der Waals surface area contributed by atoms with E-state index < -0.39 is 11.7 Å². The van der Waals surface area contributed by atoms with E-state index in [0.29, 0.717) is 12.0 Å². The Hall–Kier alpha value is -2.28. The van der Waals surface area contributed by atoms with E-state index in [2.05, 4.69) is 0 Å². The average Bonchev–Trinajstić information content (AvgIpc) is 2.47. The van der Waals surface area contributed by atoms with Crippen molar-refractivity contribution in [2.24, 2.45) is 0 Å². The van der Waals surface area contributed by atoms with Crippen molar-refractivity contribution in [2.45, 2.75) is 19.5 Å². The van der Waals surface area contributed by atoms with Crippen molar-refractivity contribution in [3.63, 3.8) is 0 Å². The Morgan fingerprint density at radius 2 is 1.90 bits per heavy atom. The van der Waals surface area contributed by atoms with Crippen LogP contribution in [-0.4, -0.2) is 0 Å². The first-order valence-corrected chi connectivity index (χ1v) is 6.08. The van der Waals surface area contributed by atoms with Gasteiger partial charge in [-0.3, -0.25) is 0 Å². The van der Waals surface area contributed by atoms with Crippen LogP contribution in [0.15, 0.2) is 42.5 Å². The average molecular weight is 275 g/mol. The summed E-state index contributed by atoms with van der Waals surface area (Å²) < 4.78 is 39.0. The van der Waals surface area contributed by atoms with Crippen LogP contribution >= 0.6 is 0 Å². The highest BCUT2D eigenvalue weighted by atomic mass is 19.4. The molecule has 0 spiro atoms. The molecule has 0 heterocycles. The largest absolute Gasteiger partial charge is 0.417 e. The minimum atomic E-state index is -4.52. The Balaban J connectivity index is 2.71. The zero-order valence-corrected chi connectivity index (χ0v) is 10.8. The molecule has 1 aromatic carbocycles. The standard InChI is InChI=1S/C16H12F3N/c1-11-6-4-2-3-5-7-12-8-13(10-20)15(9-14(11)12)16(17,18)19/h2-6,8-9H,7H2,1H3/b4-2-,5-3+,11-6+. The van der Waals surface area contributed by atoms with E-state index in [0.717, 1.165) is 17.2 Å². The Bertz CT molecular complexity index is 656. The number of nitrogens with zero attached hydrogens (tertiary/aromatic N) is 1. The van der Waals surface area contributed by atoms with Crippen LogP contribution in [-0.2, 0) is 12.6 Å². The van der Waals surface area contributed by atoms with E-state index in [9.17, 15) is 13.2 Å². The molecule has 4 heteroatoms. The fourth-order valence-corrected chi connectivity index (χ4v) is 2.13. The number of fused-ring (bicyclic) bond motifs is 1.